The molecule has 0 spiro atoms. The number of nitrogens with zero attached hydrogens (tertiary/aromatic N) is 3. The summed E-state index contributed by atoms with van der Waals surface area (Å²) in [5.74, 6) is 1.80. The summed E-state index contributed by atoms with van der Waals surface area (Å²) in [7, 11) is 0. The first-order valence-electron chi connectivity index (χ1n) is 20.2. The summed E-state index contributed by atoms with van der Waals surface area (Å²) in [6.07, 6.45) is 0. The molecule has 0 saturated heterocycles. The number of para-hydroxylation sites is 2. The Morgan fingerprint density at radius 1 is 0.267 bits per heavy atom. The summed E-state index contributed by atoms with van der Waals surface area (Å²) in [6.45, 7) is 0. The van der Waals surface area contributed by atoms with Crippen LogP contribution in [-0.2, 0) is 0 Å². The smallest absolute Gasteiger partial charge is 0.164 e. The van der Waals surface area contributed by atoms with Crippen molar-refractivity contribution in [1.29, 1.82) is 0 Å². The van der Waals surface area contributed by atoms with Crippen molar-refractivity contribution in [3.63, 3.8) is 0 Å². The van der Waals surface area contributed by atoms with Crippen molar-refractivity contribution in [2.24, 2.45) is 0 Å². The quantitative estimate of drug-likeness (QED) is 0.167. The summed E-state index contributed by atoms with van der Waals surface area (Å²) in [5, 5.41) is 13.3. The van der Waals surface area contributed by atoms with Crippen LogP contribution in [0.5, 0.6) is 0 Å². The zero-order valence-corrected chi connectivity index (χ0v) is 32.1. The Morgan fingerprint density at radius 3 is 1.62 bits per heavy atom. The minimum atomic E-state index is 0.593. The maximum absolute atomic E-state index is 6.37. The molecule has 0 N–H and O–H groups in total. The van der Waals surface area contributed by atoms with E-state index in [-0.39, 0.29) is 0 Å². The van der Waals surface area contributed by atoms with E-state index >= 15 is 0 Å². The molecule has 60 heavy (non-hydrogen) atoms. The molecular formula is C55H31N3O2. The largest absolute Gasteiger partial charge is 0.456 e. The molecule has 0 radical (unpaired) electrons. The van der Waals surface area contributed by atoms with Crippen molar-refractivity contribution in [2.45, 2.75) is 0 Å². The molecule has 0 aliphatic rings. The molecule has 0 fully saturated rings. The molecule has 0 unspecified atom stereocenters. The number of hydrogen-bond donors (Lipinski definition) is 0. The zero-order chi connectivity index (χ0) is 39.3. The third kappa shape index (κ3) is 4.96. The lowest BCUT2D eigenvalue weighted by atomic mass is 9.92. The SMILES string of the molecule is c1ccc2c(-c3cccc4oc5ccccc5c34)cc(-c3nc(-c4ccc5ccc6oc7ccccc7c6c5c4)nc(-c4cc5ccccc5c5ccccc45)n3)cc2c1. The first-order chi connectivity index (χ1) is 29.7. The molecule has 0 aliphatic carbocycles. The van der Waals surface area contributed by atoms with Crippen LogP contribution in [0.2, 0.25) is 0 Å². The molecule has 10 aromatic carbocycles. The van der Waals surface area contributed by atoms with Crippen LogP contribution in [0.4, 0.5) is 0 Å². The lowest BCUT2D eigenvalue weighted by molar-refractivity contribution is 0.668. The average molecular weight is 766 g/mol. The van der Waals surface area contributed by atoms with Crippen LogP contribution in [0, 0.1) is 0 Å². The van der Waals surface area contributed by atoms with Gasteiger partial charge in [0, 0.05) is 38.2 Å². The topological polar surface area (TPSA) is 65.0 Å². The summed E-state index contributed by atoms with van der Waals surface area (Å²) in [6, 6.07) is 65.7. The van der Waals surface area contributed by atoms with E-state index in [1.54, 1.807) is 0 Å². The fourth-order valence-corrected chi connectivity index (χ4v) is 9.34. The highest BCUT2D eigenvalue weighted by Crippen LogP contribution is 2.42. The molecule has 5 nitrogen and oxygen atoms in total. The molecule has 0 atom stereocenters. The predicted octanol–water partition coefficient (Wildman–Crippen LogP) is 15.0. The molecule has 13 aromatic rings. The van der Waals surface area contributed by atoms with Crippen molar-refractivity contribution >= 4 is 87.0 Å². The van der Waals surface area contributed by atoms with E-state index in [0.717, 1.165) is 109 Å². The first kappa shape index (κ1) is 32.9. The molecule has 13 rings (SSSR count). The van der Waals surface area contributed by atoms with Gasteiger partial charge in [-0.2, -0.15) is 0 Å². The lowest BCUT2D eigenvalue weighted by Crippen LogP contribution is -2.01. The minimum absolute atomic E-state index is 0.593. The van der Waals surface area contributed by atoms with Gasteiger partial charge >= 0.3 is 0 Å². The van der Waals surface area contributed by atoms with E-state index in [9.17, 15) is 0 Å². The number of furan rings is 2. The molecule has 3 aromatic heterocycles. The van der Waals surface area contributed by atoms with E-state index in [1.807, 2.05) is 30.3 Å². The van der Waals surface area contributed by atoms with Gasteiger partial charge in [-0.15, -0.1) is 0 Å². The second-order valence-corrected chi connectivity index (χ2v) is 15.5. The van der Waals surface area contributed by atoms with Gasteiger partial charge in [-0.25, -0.2) is 15.0 Å². The van der Waals surface area contributed by atoms with Gasteiger partial charge in [0.2, 0.25) is 0 Å². The third-order valence-electron chi connectivity index (χ3n) is 12.1. The summed E-state index contributed by atoms with van der Waals surface area (Å²) in [4.78, 5) is 16.1. The lowest BCUT2D eigenvalue weighted by Gasteiger charge is -2.14. The Labute approximate surface area is 342 Å². The van der Waals surface area contributed by atoms with E-state index in [1.165, 1.54) is 5.39 Å². The molecule has 0 bridgehead atoms. The van der Waals surface area contributed by atoms with E-state index in [4.69, 9.17) is 23.8 Å². The van der Waals surface area contributed by atoms with Crippen LogP contribution in [-0.4, -0.2) is 15.0 Å². The van der Waals surface area contributed by atoms with Crippen LogP contribution >= 0.6 is 0 Å². The molecule has 0 aliphatic heterocycles. The van der Waals surface area contributed by atoms with E-state index in [0.29, 0.717) is 17.5 Å². The highest BCUT2D eigenvalue weighted by molar-refractivity contribution is 6.20. The third-order valence-corrected chi connectivity index (χ3v) is 12.1. The first-order valence-corrected chi connectivity index (χ1v) is 20.2. The van der Waals surface area contributed by atoms with Gasteiger partial charge in [0.25, 0.3) is 0 Å². The predicted molar refractivity (Wildman–Crippen MR) is 246 cm³/mol. The molecule has 0 amide bonds. The second kappa shape index (κ2) is 12.7. The van der Waals surface area contributed by atoms with Crippen LogP contribution in [0.1, 0.15) is 0 Å². The van der Waals surface area contributed by atoms with Gasteiger partial charge in [-0.1, -0.05) is 140 Å². The molecule has 5 heteroatoms. The second-order valence-electron chi connectivity index (χ2n) is 15.5. The van der Waals surface area contributed by atoms with Crippen molar-refractivity contribution < 1.29 is 8.83 Å². The fourth-order valence-electron chi connectivity index (χ4n) is 9.34. The van der Waals surface area contributed by atoms with Gasteiger partial charge < -0.3 is 8.83 Å². The minimum Gasteiger partial charge on any atom is -0.456 e. The molecule has 278 valence electrons. The maximum Gasteiger partial charge on any atom is 0.164 e. The van der Waals surface area contributed by atoms with Gasteiger partial charge in [-0.3, -0.25) is 0 Å². The van der Waals surface area contributed by atoms with Gasteiger partial charge in [0.15, 0.2) is 17.5 Å². The Balaban J connectivity index is 1.10. The monoisotopic (exact) mass is 765 g/mol. The highest BCUT2D eigenvalue weighted by Gasteiger charge is 2.20. The zero-order valence-electron chi connectivity index (χ0n) is 32.1. The summed E-state index contributed by atoms with van der Waals surface area (Å²) >= 11 is 0. The number of aromatic nitrogens is 3. The summed E-state index contributed by atoms with van der Waals surface area (Å²) in [5.41, 5.74) is 8.36. The van der Waals surface area contributed by atoms with Crippen LogP contribution in [0.25, 0.3) is 132 Å². The van der Waals surface area contributed by atoms with Crippen LogP contribution in [0.3, 0.4) is 0 Å². The number of fused-ring (bicyclic) bond motifs is 12. The normalized spacial score (nSPS) is 12.0. The molecular weight excluding hydrogens is 735 g/mol. The van der Waals surface area contributed by atoms with Crippen molar-refractivity contribution in [3.8, 4) is 45.3 Å². The standard InChI is InChI=1S/C55H31N3O2/c1-4-15-38-33(12-1)28-36(31-45(38)41-20-11-23-49-51(41)42-18-7-9-21-47(42)59-49)54-56-53(35-25-24-32-26-27-50-52(44(32)30-35)43-19-8-10-22-48(43)60-50)57-55(58-54)46-29-34-13-2-3-14-37(34)39-16-5-6-17-40(39)46/h1-31H. The van der Waals surface area contributed by atoms with Gasteiger partial charge in [-0.05, 0) is 103 Å². The number of hydrogen-bond acceptors (Lipinski definition) is 5. The molecule has 3 heterocycles. The summed E-state index contributed by atoms with van der Waals surface area (Å²) < 4.78 is 12.7. The Morgan fingerprint density at radius 2 is 0.833 bits per heavy atom. The van der Waals surface area contributed by atoms with Gasteiger partial charge in [0.05, 0.1) is 0 Å². The molecule has 0 saturated carbocycles. The van der Waals surface area contributed by atoms with Crippen molar-refractivity contribution in [1.82, 2.24) is 15.0 Å². The van der Waals surface area contributed by atoms with E-state index in [2.05, 4.69) is 158 Å². The van der Waals surface area contributed by atoms with Crippen LogP contribution in [0.15, 0.2) is 197 Å². The fraction of sp³-hybridized carbons (Fsp3) is 0. The maximum atomic E-state index is 6.37. The van der Waals surface area contributed by atoms with Gasteiger partial charge in [0.1, 0.15) is 22.3 Å². The highest BCUT2D eigenvalue weighted by atomic mass is 16.3. The number of benzene rings is 10. The van der Waals surface area contributed by atoms with Crippen LogP contribution < -0.4 is 0 Å². The Hall–Kier alpha value is -8.15. The van der Waals surface area contributed by atoms with Crippen molar-refractivity contribution in [3.05, 3.63) is 188 Å². The Bertz CT molecular complexity index is 3910. The Kier molecular flexibility index (Phi) is 6.95. The van der Waals surface area contributed by atoms with E-state index < -0.39 is 0 Å². The average Bonchev–Trinajstić information content (AvgIpc) is 3.90. The van der Waals surface area contributed by atoms with Crippen molar-refractivity contribution in [2.75, 3.05) is 0 Å². The number of rotatable bonds is 4.